The number of esters is 1. The minimum atomic E-state index is -4.53. The van der Waals surface area contributed by atoms with Crippen molar-refractivity contribution in [1.29, 1.82) is 5.26 Å². The molecular formula is C13H13F3N2O2S. The molecule has 0 atom stereocenters. The minimum Gasteiger partial charge on any atom is -0.466 e. The molecule has 0 fully saturated rings. The van der Waals surface area contributed by atoms with E-state index in [1.807, 2.05) is 0 Å². The van der Waals surface area contributed by atoms with E-state index in [1.54, 1.807) is 13.0 Å². The Morgan fingerprint density at radius 1 is 1.48 bits per heavy atom. The van der Waals surface area contributed by atoms with Crippen LogP contribution in [0, 0.1) is 11.3 Å². The molecule has 0 amide bonds. The average Bonchev–Trinajstić information content (AvgIpc) is 2.36. The Kier molecular flexibility index (Phi) is 6.05. The lowest BCUT2D eigenvalue weighted by atomic mass is 10.0. The number of nitrogens with zero attached hydrogens (tertiary/aromatic N) is 1. The van der Waals surface area contributed by atoms with Crippen LogP contribution < -0.4 is 5.73 Å². The third kappa shape index (κ3) is 5.28. The Bertz CT molecular complexity index is 568. The van der Waals surface area contributed by atoms with Crippen molar-refractivity contribution in [1.82, 2.24) is 0 Å². The number of carbonyl (C=O) groups is 1. The lowest BCUT2D eigenvalue weighted by molar-refractivity contribution is -0.142. The van der Waals surface area contributed by atoms with Crippen molar-refractivity contribution in [2.24, 2.45) is 5.73 Å². The summed E-state index contributed by atoms with van der Waals surface area (Å²) in [6.45, 7) is 1.78. The van der Waals surface area contributed by atoms with E-state index in [0.29, 0.717) is 5.56 Å². The molecule has 0 aliphatic rings. The molecule has 4 nitrogen and oxygen atoms in total. The summed E-state index contributed by atoms with van der Waals surface area (Å²) in [5.41, 5.74) is 1.34. The number of rotatable bonds is 5. The highest BCUT2D eigenvalue weighted by Gasteiger charge is 2.31. The number of nitrogens with two attached hydrogens (primary N) is 1. The van der Waals surface area contributed by atoms with Crippen molar-refractivity contribution in [2.45, 2.75) is 30.3 Å². The third-order valence-corrected chi connectivity index (χ3v) is 3.23. The number of alkyl halides is 3. The smallest absolute Gasteiger partial charge is 0.446 e. The average molecular weight is 318 g/mol. The van der Waals surface area contributed by atoms with Gasteiger partial charge in [-0.2, -0.15) is 18.4 Å². The predicted molar refractivity (Wildman–Crippen MR) is 71.3 cm³/mol. The Balaban J connectivity index is 3.25. The molecule has 0 bridgehead atoms. The second kappa shape index (κ2) is 7.33. The van der Waals surface area contributed by atoms with Crippen LogP contribution in [0.25, 0.3) is 0 Å². The van der Waals surface area contributed by atoms with Crippen molar-refractivity contribution in [3.8, 4) is 6.07 Å². The number of benzene rings is 1. The van der Waals surface area contributed by atoms with Crippen molar-refractivity contribution < 1.29 is 22.7 Å². The second-order valence-electron chi connectivity index (χ2n) is 3.97. The van der Waals surface area contributed by atoms with Crippen LogP contribution in [0.15, 0.2) is 17.0 Å². The quantitative estimate of drug-likeness (QED) is 0.667. The van der Waals surface area contributed by atoms with Crippen LogP contribution in [-0.2, 0) is 22.5 Å². The summed E-state index contributed by atoms with van der Waals surface area (Å²) >= 11 is -0.394. The van der Waals surface area contributed by atoms with E-state index < -0.39 is 23.2 Å². The summed E-state index contributed by atoms with van der Waals surface area (Å²) in [5, 5.41) is 9.09. The fourth-order valence-electron chi connectivity index (χ4n) is 1.69. The molecule has 0 unspecified atom stereocenters. The van der Waals surface area contributed by atoms with Gasteiger partial charge < -0.3 is 10.5 Å². The summed E-state index contributed by atoms with van der Waals surface area (Å²) in [4.78, 5) is 11.2. The van der Waals surface area contributed by atoms with Gasteiger partial charge in [0.15, 0.2) is 0 Å². The number of hydrogen-bond acceptors (Lipinski definition) is 5. The van der Waals surface area contributed by atoms with Crippen LogP contribution in [0.3, 0.4) is 0 Å². The maximum atomic E-state index is 12.5. The maximum absolute atomic E-state index is 12.5. The van der Waals surface area contributed by atoms with E-state index >= 15 is 0 Å². The molecule has 21 heavy (non-hydrogen) atoms. The molecule has 0 saturated carbocycles. The summed E-state index contributed by atoms with van der Waals surface area (Å²) in [5.74, 6) is -0.605. The van der Waals surface area contributed by atoms with Gasteiger partial charge in [-0.3, -0.25) is 4.79 Å². The number of thioether (sulfide) groups is 1. The monoisotopic (exact) mass is 318 g/mol. The van der Waals surface area contributed by atoms with Crippen LogP contribution in [0.5, 0.6) is 0 Å². The highest BCUT2D eigenvalue weighted by atomic mass is 32.2. The first-order valence-electron chi connectivity index (χ1n) is 5.98. The zero-order valence-electron chi connectivity index (χ0n) is 11.2. The van der Waals surface area contributed by atoms with Gasteiger partial charge in [0.25, 0.3) is 0 Å². The molecule has 0 aliphatic carbocycles. The number of halogens is 3. The number of carbonyl (C=O) groups excluding carboxylic acids is 1. The number of nitriles is 1. The minimum absolute atomic E-state index is 0.00690. The van der Waals surface area contributed by atoms with E-state index in [-0.39, 0.29) is 35.6 Å². The third-order valence-electron chi connectivity index (χ3n) is 2.46. The topological polar surface area (TPSA) is 76.1 Å². The summed E-state index contributed by atoms with van der Waals surface area (Å²) < 4.78 is 42.4. The van der Waals surface area contributed by atoms with Gasteiger partial charge in [-0.05, 0) is 35.9 Å². The summed E-state index contributed by atoms with van der Waals surface area (Å²) in [6.07, 6.45) is -0.268. The Morgan fingerprint density at radius 3 is 2.62 bits per heavy atom. The number of hydrogen-bond donors (Lipinski definition) is 1. The molecule has 114 valence electrons. The first-order chi connectivity index (χ1) is 9.80. The van der Waals surface area contributed by atoms with E-state index in [4.69, 9.17) is 15.7 Å². The molecule has 1 aromatic rings. The van der Waals surface area contributed by atoms with Crippen molar-refractivity contribution >= 4 is 17.7 Å². The molecule has 0 saturated heterocycles. The first-order valence-corrected chi connectivity index (χ1v) is 6.79. The fourth-order valence-corrected chi connectivity index (χ4v) is 2.43. The molecule has 2 N–H and O–H groups in total. The zero-order chi connectivity index (χ0) is 16.0. The lowest BCUT2D eigenvalue weighted by Crippen LogP contribution is -2.11. The molecule has 8 heteroatoms. The van der Waals surface area contributed by atoms with Gasteiger partial charge in [-0.25, -0.2) is 0 Å². The maximum Gasteiger partial charge on any atom is 0.446 e. The number of ether oxygens (including phenoxy) is 1. The van der Waals surface area contributed by atoms with Gasteiger partial charge in [0, 0.05) is 11.4 Å². The first kappa shape index (κ1) is 17.3. The highest BCUT2D eigenvalue weighted by molar-refractivity contribution is 8.00. The van der Waals surface area contributed by atoms with Crippen molar-refractivity contribution in [2.75, 3.05) is 6.61 Å². The van der Waals surface area contributed by atoms with Crippen LogP contribution in [0.4, 0.5) is 13.2 Å². The van der Waals surface area contributed by atoms with Gasteiger partial charge in [-0.15, -0.1) is 0 Å². The van der Waals surface area contributed by atoms with E-state index in [1.165, 1.54) is 12.1 Å². The van der Waals surface area contributed by atoms with Gasteiger partial charge >= 0.3 is 11.5 Å². The van der Waals surface area contributed by atoms with Gasteiger partial charge in [0.1, 0.15) is 6.07 Å². The summed E-state index contributed by atoms with van der Waals surface area (Å²) in [6, 6.07) is 4.38. The van der Waals surface area contributed by atoms with Crippen LogP contribution in [0.1, 0.15) is 23.6 Å². The molecule has 0 spiro atoms. The van der Waals surface area contributed by atoms with Crippen LogP contribution in [-0.4, -0.2) is 18.1 Å². The van der Waals surface area contributed by atoms with Gasteiger partial charge in [-0.1, -0.05) is 6.07 Å². The highest BCUT2D eigenvalue weighted by Crippen LogP contribution is 2.39. The predicted octanol–water partition coefficient (Wildman–Crippen LogP) is 2.73. The van der Waals surface area contributed by atoms with Crippen molar-refractivity contribution in [3.05, 3.63) is 28.8 Å². The standard InChI is InChI=1S/C13H13F3N2O2S/c1-2-20-12(19)5-9-3-8(6-17)4-11(10(9)7-18)21-13(14,15)16/h3-4H,2,5-6,17H2,1H3. The zero-order valence-corrected chi connectivity index (χ0v) is 12.0. The largest absolute Gasteiger partial charge is 0.466 e. The normalized spacial score (nSPS) is 11.0. The van der Waals surface area contributed by atoms with E-state index in [9.17, 15) is 18.0 Å². The van der Waals surface area contributed by atoms with Crippen LogP contribution in [0.2, 0.25) is 0 Å². The lowest BCUT2D eigenvalue weighted by Gasteiger charge is -2.13. The van der Waals surface area contributed by atoms with E-state index in [0.717, 1.165) is 0 Å². The SMILES string of the molecule is CCOC(=O)Cc1cc(CN)cc(SC(F)(F)F)c1C#N. The van der Waals surface area contributed by atoms with Gasteiger partial charge in [0.05, 0.1) is 18.6 Å². The van der Waals surface area contributed by atoms with E-state index in [2.05, 4.69) is 0 Å². The Labute approximate surface area is 124 Å². The molecule has 0 heterocycles. The Morgan fingerprint density at radius 2 is 2.14 bits per heavy atom. The molecule has 1 rings (SSSR count). The molecule has 0 aromatic heterocycles. The summed E-state index contributed by atoms with van der Waals surface area (Å²) in [7, 11) is 0. The van der Waals surface area contributed by atoms with Crippen LogP contribution >= 0.6 is 11.8 Å². The molecule has 0 radical (unpaired) electrons. The molecule has 0 aliphatic heterocycles. The molecule has 1 aromatic carbocycles. The van der Waals surface area contributed by atoms with Crippen molar-refractivity contribution in [3.63, 3.8) is 0 Å². The Hall–Kier alpha value is -1.72. The fraction of sp³-hybridized carbons (Fsp3) is 0.385. The second-order valence-corrected chi connectivity index (χ2v) is 5.08. The molecular weight excluding hydrogens is 305 g/mol. The van der Waals surface area contributed by atoms with Gasteiger partial charge in [0.2, 0.25) is 0 Å².